The van der Waals surface area contributed by atoms with E-state index in [2.05, 4.69) is 36.6 Å². The van der Waals surface area contributed by atoms with Gasteiger partial charge in [-0.05, 0) is 51.6 Å². The second kappa shape index (κ2) is 10.3. The fraction of sp³-hybridized carbons (Fsp3) is 0.667. The smallest absolute Gasteiger partial charge is 0.00277 e. The first-order valence-electron chi connectivity index (χ1n) is 5.54. The van der Waals surface area contributed by atoms with Crippen LogP contribution < -0.4 is 10.6 Å². The molecule has 0 radical (unpaired) electrons. The third-order valence-corrected chi connectivity index (χ3v) is 2.08. The van der Waals surface area contributed by atoms with E-state index < -0.39 is 0 Å². The molecule has 14 heavy (non-hydrogen) atoms. The van der Waals surface area contributed by atoms with Crippen LogP contribution in [0.5, 0.6) is 0 Å². The zero-order valence-corrected chi connectivity index (χ0v) is 9.77. The molecule has 2 nitrogen and oxygen atoms in total. The highest BCUT2D eigenvalue weighted by Crippen LogP contribution is 2.05. The van der Waals surface area contributed by atoms with Crippen LogP contribution in [-0.4, -0.2) is 20.1 Å². The second-order valence-corrected chi connectivity index (χ2v) is 3.34. The molecular formula is C12H24N2. The molecular weight excluding hydrogens is 172 g/mol. The van der Waals surface area contributed by atoms with E-state index in [9.17, 15) is 0 Å². The van der Waals surface area contributed by atoms with E-state index >= 15 is 0 Å². The Labute approximate surface area is 88.5 Å². The summed E-state index contributed by atoms with van der Waals surface area (Å²) in [5.41, 5.74) is 1.40. The van der Waals surface area contributed by atoms with Gasteiger partial charge in [0.2, 0.25) is 0 Å². The lowest BCUT2D eigenvalue weighted by Gasteiger charge is -2.03. The molecule has 0 aliphatic carbocycles. The maximum Gasteiger partial charge on any atom is 0.00277 e. The van der Waals surface area contributed by atoms with Crippen LogP contribution >= 0.6 is 0 Å². The molecule has 0 spiro atoms. The van der Waals surface area contributed by atoms with E-state index in [0.717, 1.165) is 19.5 Å². The Balaban J connectivity index is 3.49. The van der Waals surface area contributed by atoms with Crippen molar-refractivity contribution in [1.82, 2.24) is 10.6 Å². The Hall–Kier alpha value is -0.760. The molecule has 0 bridgehead atoms. The van der Waals surface area contributed by atoms with Crippen LogP contribution in [0.2, 0.25) is 0 Å². The summed E-state index contributed by atoms with van der Waals surface area (Å²) in [5.74, 6) is 0. The van der Waals surface area contributed by atoms with Crippen LogP contribution in [-0.2, 0) is 0 Å². The summed E-state index contributed by atoms with van der Waals surface area (Å²) >= 11 is 0. The van der Waals surface area contributed by atoms with Gasteiger partial charge in [0.15, 0.2) is 0 Å². The maximum atomic E-state index is 3.40. The third kappa shape index (κ3) is 7.87. The first-order valence-corrected chi connectivity index (χ1v) is 5.54. The highest BCUT2D eigenvalue weighted by molar-refractivity contribution is 5.16. The molecule has 0 aliphatic heterocycles. The van der Waals surface area contributed by atoms with Gasteiger partial charge in [-0.1, -0.05) is 18.6 Å². The molecule has 0 saturated heterocycles. The Kier molecular flexibility index (Phi) is 9.76. The Morgan fingerprint density at radius 2 is 2.07 bits per heavy atom. The summed E-state index contributed by atoms with van der Waals surface area (Å²) in [7, 11) is 1.92. The van der Waals surface area contributed by atoms with Crippen molar-refractivity contribution in [2.24, 2.45) is 0 Å². The second-order valence-electron chi connectivity index (χ2n) is 3.34. The third-order valence-electron chi connectivity index (χ3n) is 2.08. The maximum absolute atomic E-state index is 3.40. The molecule has 0 amide bonds. The number of hydrogen-bond donors (Lipinski definition) is 2. The first kappa shape index (κ1) is 13.2. The van der Waals surface area contributed by atoms with Crippen molar-refractivity contribution >= 4 is 0 Å². The Morgan fingerprint density at radius 1 is 1.29 bits per heavy atom. The van der Waals surface area contributed by atoms with Gasteiger partial charge < -0.3 is 10.6 Å². The molecule has 0 heterocycles. The van der Waals surface area contributed by atoms with Gasteiger partial charge in [-0.2, -0.15) is 0 Å². The Morgan fingerprint density at radius 3 is 2.64 bits per heavy atom. The van der Waals surface area contributed by atoms with Gasteiger partial charge in [0.25, 0.3) is 0 Å². The quantitative estimate of drug-likeness (QED) is 0.460. The molecule has 82 valence electrons. The van der Waals surface area contributed by atoms with Crippen LogP contribution in [0.4, 0.5) is 0 Å². The predicted octanol–water partition coefficient (Wildman–Crippen LogP) is 2.45. The largest absolute Gasteiger partial charge is 0.394 e. The summed E-state index contributed by atoms with van der Waals surface area (Å²) < 4.78 is 0. The predicted molar refractivity (Wildman–Crippen MR) is 64.4 cm³/mol. The zero-order chi connectivity index (χ0) is 10.6. The monoisotopic (exact) mass is 196 g/mol. The lowest BCUT2D eigenvalue weighted by Crippen LogP contribution is -2.15. The minimum absolute atomic E-state index is 1.12. The van der Waals surface area contributed by atoms with E-state index in [4.69, 9.17) is 0 Å². The van der Waals surface area contributed by atoms with Crippen molar-refractivity contribution in [3.05, 3.63) is 23.9 Å². The summed E-state index contributed by atoms with van der Waals surface area (Å²) in [6.07, 6.45) is 9.89. The summed E-state index contributed by atoms with van der Waals surface area (Å²) in [4.78, 5) is 0. The average molecular weight is 196 g/mol. The van der Waals surface area contributed by atoms with Gasteiger partial charge in [0, 0.05) is 7.05 Å². The molecule has 0 aromatic rings. The van der Waals surface area contributed by atoms with Gasteiger partial charge in [-0.3, -0.25) is 0 Å². The zero-order valence-electron chi connectivity index (χ0n) is 9.77. The van der Waals surface area contributed by atoms with Gasteiger partial charge in [0.05, 0.1) is 0 Å². The molecule has 0 aliphatic rings. The van der Waals surface area contributed by atoms with Gasteiger partial charge >= 0.3 is 0 Å². The summed E-state index contributed by atoms with van der Waals surface area (Å²) in [6.45, 7) is 6.55. The van der Waals surface area contributed by atoms with Crippen molar-refractivity contribution in [3.8, 4) is 0 Å². The van der Waals surface area contributed by atoms with Gasteiger partial charge in [-0.25, -0.2) is 0 Å². The van der Waals surface area contributed by atoms with Crippen LogP contribution in [0.3, 0.4) is 0 Å². The normalized spacial score (nSPS) is 12.4. The van der Waals surface area contributed by atoms with Gasteiger partial charge in [0.1, 0.15) is 0 Å². The molecule has 0 aromatic heterocycles. The van der Waals surface area contributed by atoms with Crippen molar-refractivity contribution in [3.63, 3.8) is 0 Å². The van der Waals surface area contributed by atoms with Crippen molar-refractivity contribution in [2.45, 2.75) is 33.1 Å². The number of rotatable bonds is 8. The van der Waals surface area contributed by atoms with Crippen molar-refractivity contribution in [1.29, 1.82) is 0 Å². The van der Waals surface area contributed by atoms with E-state index in [1.54, 1.807) is 0 Å². The van der Waals surface area contributed by atoms with Crippen LogP contribution in [0, 0.1) is 0 Å². The highest BCUT2D eigenvalue weighted by atomic mass is 14.8. The van der Waals surface area contributed by atoms with Crippen LogP contribution in [0.15, 0.2) is 23.9 Å². The minimum atomic E-state index is 1.12. The molecule has 0 aromatic carbocycles. The molecule has 0 saturated carbocycles. The van der Waals surface area contributed by atoms with E-state index in [1.165, 1.54) is 18.4 Å². The number of allylic oxidation sites excluding steroid dienone is 3. The Bertz CT molecular complexity index is 171. The fourth-order valence-electron chi connectivity index (χ4n) is 1.23. The standard InChI is InChI=1S/C12H24N2/c1-4-9-14-10-6-7-12(5-2)8-11-13-3/h5,8,11,13-14H,4,6-7,9-10H2,1-3H3/b11-8-,12-5-. The van der Waals surface area contributed by atoms with Gasteiger partial charge in [-0.15, -0.1) is 0 Å². The number of hydrogen-bond acceptors (Lipinski definition) is 2. The minimum Gasteiger partial charge on any atom is -0.394 e. The molecule has 2 heteroatoms. The molecule has 2 N–H and O–H groups in total. The van der Waals surface area contributed by atoms with E-state index in [-0.39, 0.29) is 0 Å². The topological polar surface area (TPSA) is 24.1 Å². The fourth-order valence-corrected chi connectivity index (χ4v) is 1.23. The lowest BCUT2D eigenvalue weighted by atomic mass is 10.1. The summed E-state index contributed by atoms with van der Waals surface area (Å²) in [6, 6.07) is 0. The lowest BCUT2D eigenvalue weighted by molar-refractivity contribution is 0.640. The molecule has 0 rings (SSSR count). The average Bonchev–Trinajstić information content (AvgIpc) is 2.22. The highest BCUT2D eigenvalue weighted by Gasteiger charge is 1.91. The molecule has 0 atom stereocenters. The molecule has 0 unspecified atom stereocenters. The number of nitrogens with one attached hydrogen (secondary N) is 2. The molecule has 0 fully saturated rings. The van der Waals surface area contributed by atoms with Crippen molar-refractivity contribution < 1.29 is 0 Å². The van der Waals surface area contributed by atoms with Crippen molar-refractivity contribution in [2.75, 3.05) is 20.1 Å². The van der Waals surface area contributed by atoms with Crippen LogP contribution in [0.1, 0.15) is 33.1 Å². The van der Waals surface area contributed by atoms with Crippen LogP contribution in [0.25, 0.3) is 0 Å². The SMILES string of the molecule is C/C=C(\C=C/NC)CCCNCCC. The first-order chi connectivity index (χ1) is 6.85. The summed E-state index contributed by atoms with van der Waals surface area (Å²) in [5, 5.41) is 6.41. The van der Waals surface area contributed by atoms with E-state index in [0.29, 0.717) is 0 Å². The van der Waals surface area contributed by atoms with E-state index in [1.807, 2.05) is 13.2 Å².